The summed E-state index contributed by atoms with van der Waals surface area (Å²) in [6, 6.07) is 13.9. The van der Waals surface area contributed by atoms with Gasteiger partial charge in [-0.15, -0.1) is 0 Å². The topological polar surface area (TPSA) is 131 Å². The maximum Gasteiger partial charge on any atom is 0.264 e. The van der Waals surface area contributed by atoms with E-state index in [4.69, 9.17) is 9.72 Å². The van der Waals surface area contributed by atoms with E-state index in [9.17, 15) is 13.2 Å². The molecule has 0 radical (unpaired) electrons. The summed E-state index contributed by atoms with van der Waals surface area (Å²) in [6.07, 6.45) is 13.4. The fourth-order valence-electron chi connectivity index (χ4n) is 7.90. The quantitative estimate of drug-likeness (QED) is 0.223. The van der Waals surface area contributed by atoms with E-state index in [1.54, 1.807) is 30.6 Å². The number of anilines is 2. The predicted octanol–water partition coefficient (Wildman–Crippen LogP) is 7.10. The van der Waals surface area contributed by atoms with Crippen molar-refractivity contribution >= 4 is 27.7 Å². The number of aromatic nitrogens is 4. The SMILES string of the molecule is Cc1cccc(C)c1-c1cc2nc(n1)NS(=O)(=O)c1cccc(c1)C(=O)N(Cc1cncc(N3CCCC[C@H]3C)n1)[C@H](CC1CCCCC1)CO2. The molecule has 1 aliphatic carbocycles. The average molecular weight is 710 g/mol. The van der Waals surface area contributed by atoms with E-state index < -0.39 is 10.0 Å². The Morgan fingerprint density at radius 2 is 1.67 bits per heavy atom. The standard InChI is InChI=1S/C39H47N7O4S/c1-26-11-9-12-27(2)37(26)34-21-36-43-39(42-34)44-51(48,49)33-17-10-16-30(20-33)38(47)46(32(25-50-36)19-29-14-5-4-6-15-29)24-31-22-40-23-35(41-31)45-18-8-7-13-28(45)3/h9-12,16-17,20-23,28-29,32H,4-8,13-15,18-19,24-25H2,1-3H3,(H,42,43,44)/t28-,32-/m1/s1. The summed E-state index contributed by atoms with van der Waals surface area (Å²) < 4.78 is 36.7. The molecule has 4 aromatic rings. The first kappa shape index (κ1) is 34.9. The fourth-order valence-corrected chi connectivity index (χ4v) is 8.89. The summed E-state index contributed by atoms with van der Waals surface area (Å²) in [5, 5.41) is 0. The lowest BCUT2D eigenvalue weighted by atomic mass is 9.84. The van der Waals surface area contributed by atoms with Crippen molar-refractivity contribution < 1.29 is 17.9 Å². The molecule has 268 valence electrons. The number of amides is 1. The third kappa shape index (κ3) is 7.85. The monoisotopic (exact) mass is 709 g/mol. The van der Waals surface area contributed by atoms with Crippen molar-refractivity contribution in [1.82, 2.24) is 24.8 Å². The number of fused-ring (bicyclic) bond motifs is 4. The Morgan fingerprint density at radius 1 is 0.902 bits per heavy atom. The third-order valence-electron chi connectivity index (χ3n) is 10.6. The number of carbonyl (C=O) groups is 1. The van der Waals surface area contributed by atoms with E-state index in [1.807, 2.05) is 36.9 Å². The minimum Gasteiger partial charge on any atom is -0.475 e. The van der Waals surface area contributed by atoms with Crippen LogP contribution in [-0.4, -0.2) is 64.4 Å². The van der Waals surface area contributed by atoms with Gasteiger partial charge in [0.2, 0.25) is 11.8 Å². The molecular weight excluding hydrogens is 663 g/mol. The second-order valence-corrected chi connectivity index (χ2v) is 16.0. The van der Waals surface area contributed by atoms with E-state index in [-0.39, 0.29) is 47.4 Å². The van der Waals surface area contributed by atoms with Gasteiger partial charge >= 0.3 is 0 Å². The van der Waals surface area contributed by atoms with E-state index in [1.165, 1.54) is 25.0 Å². The first-order valence-corrected chi connectivity index (χ1v) is 19.7. The molecule has 2 aromatic carbocycles. The zero-order valence-electron chi connectivity index (χ0n) is 29.7. The summed E-state index contributed by atoms with van der Waals surface area (Å²) in [5.41, 5.74) is 4.36. The highest BCUT2D eigenvalue weighted by Gasteiger charge is 2.32. The Morgan fingerprint density at radius 3 is 2.45 bits per heavy atom. The van der Waals surface area contributed by atoms with Gasteiger partial charge in [-0.25, -0.2) is 23.1 Å². The molecule has 4 bridgehead atoms. The van der Waals surface area contributed by atoms with Crippen LogP contribution < -0.4 is 14.4 Å². The van der Waals surface area contributed by atoms with Crippen molar-refractivity contribution in [2.45, 2.75) is 102 Å². The van der Waals surface area contributed by atoms with Gasteiger partial charge in [0, 0.05) is 29.8 Å². The van der Waals surface area contributed by atoms with Gasteiger partial charge in [0.15, 0.2) is 0 Å². The van der Waals surface area contributed by atoms with Crippen LogP contribution in [-0.2, 0) is 16.6 Å². The van der Waals surface area contributed by atoms with Gasteiger partial charge in [-0.3, -0.25) is 9.78 Å². The number of sulfonamides is 1. The second kappa shape index (κ2) is 15.0. The highest BCUT2D eigenvalue weighted by Crippen LogP contribution is 2.33. The molecule has 1 N–H and O–H groups in total. The Bertz CT molecular complexity index is 1980. The number of piperidine rings is 1. The van der Waals surface area contributed by atoms with Crippen LogP contribution in [0.4, 0.5) is 11.8 Å². The van der Waals surface area contributed by atoms with Crippen molar-refractivity contribution in [3.63, 3.8) is 0 Å². The van der Waals surface area contributed by atoms with Gasteiger partial charge in [0.25, 0.3) is 15.9 Å². The summed E-state index contributed by atoms with van der Waals surface area (Å²) in [6.45, 7) is 7.48. The zero-order valence-corrected chi connectivity index (χ0v) is 30.5. The number of ether oxygens (including phenoxy) is 1. The van der Waals surface area contributed by atoms with Crippen LogP contribution in [0.1, 0.15) is 91.9 Å². The Labute approximate surface area is 301 Å². The summed E-state index contributed by atoms with van der Waals surface area (Å²) in [5.74, 6) is 1.08. The zero-order chi connectivity index (χ0) is 35.5. The van der Waals surface area contributed by atoms with Crippen LogP contribution in [0, 0.1) is 19.8 Å². The normalized spacial score (nSPS) is 21.1. The van der Waals surface area contributed by atoms with Crippen molar-refractivity contribution in [3.8, 4) is 17.1 Å². The molecule has 0 spiro atoms. The molecule has 2 fully saturated rings. The van der Waals surface area contributed by atoms with E-state index in [2.05, 4.69) is 31.5 Å². The average Bonchev–Trinajstić information content (AvgIpc) is 3.12. The van der Waals surface area contributed by atoms with Crippen molar-refractivity contribution in [3.05, 3.63) is 83.3 Å². The Hall–Kier alpha value is -4.58. The minimum atomic E-state index is -4.17. The first-order valence-electron chi connectivity index (χ1n) is 18.2. The van der Waals surface area contributed by atoms with Crippen LogP contribution >= 0.6 is 0 Å². The van der Waals surface area contributed by atoms with Crippen molar-refractivity contribution in [2.24, 2.45) is 5.92 Å². The third-order valence-corrected chi connectivity index (χ3v) is 11.9. The molecule has 4 heterocycles. The molecule has 0 unspecified atom stereocenters. The van der Waals surface area contributed by atoms with Crippen molar-refractivity contribution in [1.29, 1.82) is 0 Å². The van der Waals surface area contributed by atoms with Gasteiger partial charge in [-0.2, -0.15) is 4.98 Å². The summed E-state index contributed by atoms with van der Waals surface area (Å²) in [7, 11) is -4.17. The number of nitrogens with zero attached hydrogens (tertiary/aromatic N) is 6. The van der Waals surface area contributed by atoms with Crippen molar-refractivity contribution in [2.75, 3.05) is 22.8 Å². The highest BCUT2D eigenvalue weighted by molar-refractivity contribution is 7.92. The molecule has 51 heavy (non-hydrogen) atoms. The lowest BCUT2D eigenvalue weighted by molar-refractivity contribution is 0.0527. The Balaban J connectivity index is 1.32. The predicted molar refractivity (Wildman–Crippen MR) is 197 cm³/mol. The number of aryl methyl sites for hydroxylation is 2. The van der Waals surface area contributed by atoms with Crippen LogP contribution in [0.25, 0.3) is 11.3 Å². The fraction of sp³-hybridized carbons (Fsp3) is 0.462. The van der Waals surface area contributed by atoms with Crippen LogP contribution in [0.3, 0.4) is 0 Å². The first-order chi connectivity index (χ1) is 24.6. The van der Waals surface area contributed by atoms with Gasteiger partial charge in [-0.1, -0.05) is 56.4 Å². The largest absolute Gasteiger partial charge is 0.475 e. The molecule has 1 saturated carbocycles. The van der Waals surface area contributed by atoms with Gasteiger partial charge in [-0.05, 0) is 81.7 Å². The molecule has 2 aromatic heterocycles. The second-order valence-electron chi connectivity index (χ2n) is 14.4. The molecule has 1 saturated heterocycles. The van der Waals surface area contributed by atoms with Crippen LogP contribution in [0.15, 0.2) is 65.8 Å². The maximum absolute atomic E-state index is 14.7. The van der Waals surface area contributed by atoms with Gasteiger partial charge in [0.1, 0.15) is 12.4 Å². The van der Waals surface area contributed by atoms with E-state index >= 15 is 0 Å². The smallest absolute Gasteiger partial charge is 0.264 e. The highest BCUT2D eigenvalue weighted by atomic mass is 32.2. The maximum atomic E-state index is 14.7. The van der Waals surface area contributed by atoms with Crippen LogP contribution in [0.5, 0.6) is 5.88 Å². The molecular formula is C39H47N7O4S. The number of hydrogen-bond acceptors (Lipinski definition) is 9. The molecule has 1 amide bonds. The molecule has 11 nitrogen and oxygen atoms in total. The number of nitrogens with one attached hydrogen (secondary N) is 1. The summed E-state index contributed by atoms with van der Waals surface area (Å²) in [4.78, 5) is 37.6. The number of rotatable bonds is 6. The van der Waals surface area contributed by atoms with Gasteiger partial charge in [0.05, 0.1) is 41.3 Å². The number of carbonyl (C=O) groups excluding carboxylic acids is 1. The minimum absolute atomic E-state index is 0.0548. The summed E-state index contributed by atoms with van der Waals surface area (Å²) >= 11 is 0. The molecule has 2 aliphatic heterocycles. The van der Waals surface area contributed by atoms with E-state index in [0.717, 1.165) is 74.0 Å². The van der Waals surface area contributed by atoms with E-state index in [0.29, 0.717) is 23.3 Å². The number of benzene rings is 2. The van der Waals surface area contributed by atoms with Crippen LogP contribution in [0.2, 0.25) is 0 Å². The Kier molecular flexibility index (Phi) is 10.2. The molecule has 2 atom stereocenters. The molecule has 7 rings (SSSR count). The lowest BCUT2D eigenvalue weighted by Gasteiger charge is -2.36. The molecule has 12 heteroatoms. The molecule has 3 aliphatic rings. The lowest BCUT2D eigenvalue weighted by Crippen LogP contribution is -2.45. The van der Waals surface area contributed by atoms with Gasteiger partial charge < -0.3 is 14.5 Å². The number of hydrogen-bond donors (Lipinski definition) is 1.